The second-order valence-corrected chi connectivity index (χ2v) is 6.71. The topological polar surface area (TPSA) is 52.9 Å². The lowest BCUT2D eigenvalue weighted by Crippen LogP contribution is -2.42. The first-order valence-corrected chi connectivity index (χ1v) is 8.38. The fraction of sp³-hybridized carbons (Fsp3) is 0.625. The number of benzene rings is 1. The molecule has 0 radical (unpaired) electrons. The van der Waals surface area contributed by atoms with Crippen LogP contribution in [0.3, 0.4) is 0 Å². The highest BCUT2D eigenvalue weighted by Gasteiger charge is 2.24. The van der Waals surface area contributed by atoms with Crippen molar-refractivity contribution in [3.63, 3.8) is 0 Å². The standard InChI is InChI=1S/C16H23Cl2NO3/c1-11(20)12-5-7-19(8-6-12)9-13(21)10-22-16-14(17)3-2-4-15(16)18/h2-4,11-13,20-21H,5-10H2,1H3. The monoisotopic (exact) mass is 347 g/mol. The number of aliphatic hydroxyl groups excluding tert-OH is 2. The number of likely N-dealkylation sites (tertiary alicyclic amines) is 1. The van der Waals surface area contributed by atoms with Gasteiger partial charge in [-0.3, -0.25) is 0 Å². The predicted molar refractivity (Wildman–Crippen MR) is 88.8 cm³/mol. The summed E-state index contributed by atoms with van der Waals surface area (Å²) in [5, 5.41) is 20.6. The zero-order valence-electron chi connectivity index (χ0n) is 12.7. The number of rotatable bonds is 6. The third kappa shape index (κ3) is 5.00. The average Bonchev–Trinajstić information content (AvgIpc) is 2.47. The van der Waals surface area contributed by atoms with Crippen LogP contribution in [0, 0.1) is 5.92 Å². The van der Waals surface area contributed by atoms with E-state index in [0.717, 1.165) is 25.9 Å². The van der Waals surface area contributed by atoms with Crippen LogP contribution in [0.5, 0.6) is 5.75 Å². The molecule has 0 saturated carbocycles. The van der Waals surface area contributed by atoms with Gasteiger partial charge in [0.1, 0.15) is 12.7 Å². The minimum atomic E-state index is -0.601. The molecule has 1 fully saturated rings. The lowest BCUT2D eigenvalue weighted by molar-refractivity contribution is 0.0336. The number of β-amino-alcohol motifs (C(OH)–C–C–N with tert-alkyl or cyclic N) is 1. The summed E-state index contributed by atoms with van der Waals surface area (Å²) in [6, 6.07) is 5.16. The molecule has 1 aliphatic rings. The fourth-order valence-electron chi connectivity index (χ4n) is 2.77. The smallest absolute Gasteiger partial charge is 0.156 e. The SMILES string of the molecule is CC(O)C1CCN(CC(O)COc2c(Cl)cccc2Cl)CC1. The Hall–Kier alpha value is -0.520. The molecule has 1 aliphatic heterocycles. The Kier molecular flexibility index (Phi) is 6.78. The van der Waals surface area contributed by atoms with Crippen LogP contribution in [0.1, 0.15) is 19.8 Å². The number of hydrogen-bond acceptors (Lipinski definition) is 4. The minimum absolute atomic E-state index is 0.153. The van der Waals surface area contributed by atoms with Crippen molar-refractivity contribution < 1.29 is 14.9 Å². The van der Waals surface area contributed by atoms with Crippen molar-refractivity contribution in [1.82, 2.24) is 4.90 Å². The highest BCUT2D eigenvalue weighted by Crippen LogP contribution is 2.32. The number of halogens is 2. The molecule has 0 bridgehead atoms. The maximum atomic E-state index is 10.1. The van der Waals surface area contributed by atoms with Gasteiger partial charge in [-0.05, 0) is 50.9 Å². The van der Waals surface area contributed by atoms with Gasteiger partial charge in [-0.1, -0.05) is 29.3 Å². The van der Waals surface area contributed by atoms with Gasteiger partial charge < -0.3 is 19.8 Å². The molecule has 4 nitrogen and oxygen atoms in total. The minimum Gasteiger partial charge on any atom is -0.488 e. The molecule has 2 unspecified atom stereocenters. The average molecular weight is 348 g/mol. The maximum absolute atomic E-state index is 10.1. The summed E-state index contributed by atoms with van der Waals surface area (Å²) in [4.78, 5) is 2.20. The van der Waals surface area contributed by atoms with E-state index in [1.165, 1.54) is 0 Å². The zero-order chi connectivity index (χ0) is 16.1. The van der Waals surface area contributed by atoms with Crippen LogP contribution in [0.2, 0.25) is 10.0 Å². The third-order valence-electron chi connectivity index (χ3n) is 4.12. The van der Waals surface area contributed by atoms with Crippen molar-refractivity contribution in [3.8, 4) is 5.75 Å². The molecular weight excluding hydrogens is 325 g/mol. The number of hydrogen-bond donors (Lipinski definition) is 2. The van der Waals surface area contributed by atoms with E-state index in [1.54, 1.807) is 18.2 Å². The van der Waals surface area contributed by atoms with E-state index >= 15 is 0 Å². The molecule has 0 aromatic heterocycles. The third-order valence-corrected chi connectivity index (χ3v) is 4.72. The van der Waals surface area contributed by atoms with Crippen molar-refractivity contribution in [2.24, 2.45) is 5.92 Å². The van der Waals surface area contributed by atoms with E-state index in [2.05, 4.69) is 4.90 Å². The van der Waals surface area contributed by atoms with Crippen molar-refractivity contribution >= 4 is 23.2 Å². The number of para-hydroxylation sites is 1. The normalized spacial score (nSPS) is 19.9. The predicted octanol–water partition coefficient (Wildman–Crippen LogP) is 2.83. The fourth-order valence-corrected chi connectivity index (χ4v) is 3.28. The van der Waals surface area contributed by atoms with Crippen LogP contribution in [0.25, 0.3) is 0 Å². The molecule has 0 spiro atoms. The molecular formula is C16H23Cl2NO3. The Bertz CT molecular complexity index is 456. The highest BCUT2D eigenvalue weighted by molar-refractivity contribution is 6.37. The summed E-state index contributed by atoms with van der Waals surface area (Å²) in [7, 11) is 0. The van der Waals surface area contributed by atoms with Crippen molar-refractivity contribution in [2.45, 2.75) is 32.0 Å². The first kappa shape index (κ1) is 17.8. The first-order chi connectivity index (χ1) is 10.5. The summed E-state index contributed by atoms with van der Waals surface area (Å²) in [6.45, 7) is 4.32. The van der Waals surface area contributed by atoms with E-state index in [9.17, 15) is 10.2 Å². The van der Waals surface area contributed by atoms with Gasteiger partial charge in [-0.15, -0.1) is 0 Å². The molecule has 0 amide bonds. The van der Waals surface area contributed by atoms with Crippen LogP contribution in [0.15, 0.2) is 18.2 Å². The van der Waals surface area contributed by atoms with E-state index < -0.39 is 6.10 Å². The van der Waals surface area contributed by atoms with E-state index in [0.29, 0.717) is 28.3 Å². The summed E-state index contributed by atoms with van der Waals surface area (Å²) in [6.07, 6.45) is 1.07. The second-order valence-electron chi connectivity index (χ2n) is 5.89. The number of aliphatic hydroxyl groups is 2. The summed E-state index contributed by atoms with van der Waals surface area (Å²) in [5.41, 5.74) is 0. The maximum Gasteiger partial charge on any atom is 0.156 e. The number of ether oxygens (including phenoxy) is 1. The lowest BCUT2D eigenvalue weighted by Gasteiger charge is -2.34. The molecule has 124 valence electrons. The van der Waals surface area contributed by atoms with Crippen molar-refractivity contribution in [2.75, 3.05) is 26.2 Å². The van der Waals surface area contributed by atoms with Crippen LogP contribution in [-0.4, -0.2) is 53.6 Å². The largest absolute Gasteiger partial charge is 0.488 e. The molecule has 1 saturated heterocycles. The van der Waals surface area contributed by atoms with Gasteiger partial charge in [0.25, 0.3) is 0 Å². The van der Waals surface area contributed by atoms with Gasteiger partial charge in [-0.2, -0.15) is 0 Å². The molecule has 0 aliphatic carbocycles. The Balaban J connectivity index is 1.76. The first-order valence-electron chi connectivity index (χ1n) is 7.62. The Labute approximate surface area is 141 Å². The van der Waals surface area contributed by atoms with Gasteiger partial charge in [0.15, 0.2) is 5.75 Å². The molecule has 6 heteroatoms. The molecule has 22 heavy (non-hydrogen) atoms. The van der Waals surface area contributed by atoms with Gasteiger partial charge in [0, 0.05) is 6.54 Å². The molecule has 1 heterocycles. The number of piperidine rings is 1. The molecule has 2 rings (SSSR count). The molecule has 1 aromatic rings. The lowest BCUT2D eigenvalue weighted by atomic mass is 9.92. The van der Waals surface area contributed by atoms with Crippen LogP contribution in [-0.2, 0) is 0 Å². The molecule has 2 N–H and O–H groups in total. The summed E-state index contributed by atoms with van der Waals surface area (Å²) < 4.78 is 5.55. The Morgan fingerprint density at radius 2 is 1.82 bits per heavy atom. The van der Waals surface area contributed by atoms with Crippen molar-refractivity contribution in [3.05, 3.63) is 28.2 Å². The van der Waals surface area contributed by atoms with Crippen LogP contribution >= 0.6 is 23.2 Å². The quantitative estimate of drug-likeness (QED) is 0.830. The van der Waals surface area contributed by atoms with E-state index in [-0.39, 0.29) is 12.7 Å². The number of nitrogens with zero attached hydrogens (tertiary/aromatic N) is 1. The Morgan fingerprint density at radius 1 is 1.23 bits per heavy atom. The zero-order valence-corrected chi connectivity index (χ0v) is 14.2. The van der Waals surface area contributed by atoms with Gasteiger partial charge >= 0.3 is 0 Å². The van der Waals surface area contributed by atoms with Gasteiger partial charge in [0.05, 0.1) is 16.1 Å². The van der Waals surface area contributed by atoms with Gasteiger partial charge in [0.2, 0.25) is 0 Å². The summed E-state index contributed by atoms with van der Waals surface area (Å²) >= 11 is 12.1. The Morgan fingerprint density at radius 3 is 2.36 bits per heavy atom. The van der Waals surface area contributed by atoms with Crippen LogP contribution < -0.4 is 4.74 Å². The summed E-state index contributed by atoms with van der Waals surface area (Å²) in [5.74, 6) is 0.782. The molecule has 2 atom stereocenters. The highest BCUT2D eigenvalue weighted by atomic mass is 35.5. The van der Waals surface area contributed by atoms with E-state index in [1.807, 2.05) is 6.92 Å². The van der Waals surface area contributed by atoms with Gasteiger partial charge in [-0.25, -0.2) is 0 Å². The van der Waals surface area contributed by atoms with Crippen molar-refractivity contribution in [1.29, 1.82) is 0 Å². The van der Waals surface area contributed by atoms with E-state index in [4.69, 9.17) is 27.9 Å². The van der Waals surface area contributed by atoms with Crippen LogP contribution in [0.4, 0.5) is 0 Å². The second kappa shape index (κ2) is 8.37. The molecule has 1 aromatic carbocycles.